The van der Waals surface area contributed by atoms with E-state index in [2.05, 4.69) is 23.7 Å². The highest BCUT2D eigenvalue weighted by atomic mass is 32.2. The van der Waals surface area contributed by atoms with E-state index in [1.54, 1.807) is 11.3 Å². The Bertz CT molecular complexity index is 841. The van der Waals surface area contributed by atoms with Gasteiger partial charge in [0.25, 0.3) is 0 Å². The molecule has 7 heteroatoms. The van der Waals surface area contributed by atoms with Crippen LogP contribution < -0.4 is 5.48 Å². The molecule has 0 radical (unpaired) electrons. The Kier molecular flexibility index (Phi) is 7.49. The van der Waals surface area contributed by atoms with Crippen LogP contribution in [0.1, 0.15) is 55.4 Å². The van der Waals surface area contributed by atoms with Crippen LogP contribution in [0.4, 0.5) is 0 Å². The molecule has 1 aromatic carbocycles. The van der Waals surface area contributed by atoms with Crippen molar-refractivity contribution in [2.45, 2.75) is 62.6 Å². The summed E-state index contributed by atoms with van der Waals surface area (Å²) in [6, 6.07) is 12.3. The minimum absolute atomic E-state index is 0.0384. The summed E-state index contributed by atoms with van der Waals surface area (Å²) in [6.07, 6.45) is 6.32. The highest BCUT2D eigenvalue weighted by Gasteiger charge is 2.38. The van der Waals surface area contributed by atoms with Crippen molar-refractivity contribution >= 4 is 29.0 Å². The minimum Gasteiger partial charge on any atom is -0.392 e. The molecule has 2 fully saturated rings. The van der Waals surface area contributed by atoms with E-state index in [1.165, 1.54) is 11.3 Å². The van der Waals surface area contributed by atoms with Gasteiger partial charge in [0.2, 0.25) is 5.91 Å². The molecule has 3 heterocycles. The third-order valence-electron chi connectivity index (χ3n) is 5.69. The monoisotopic (exact) mass is 447 g/mol. The molecule has 2 aliphatic heterocycles. The number of amides is 1. The van der Waals surface area contributed by atoms with E-state index in [1.807, 2.05) is 30.0 Å². The summed E-state index contributed by atoms with van der Waals surface area (Å²) >= 11 is 3.64. The van der Waals surface area contributed by atoms with Crippen molar-refractivity contribution < 1.29 is 19.5 Å². The molecule has 2 N–H and O–H groups in total. The molecule has 2 aliphatic rings. The summed E-state index contributed by atoms with van der Waals surface area (Å²) in [5, 5.41) is 9.44. The Morgan fingerprint density at radius 2 is 2.17 bits per heavy atom. The van der Waals surface area contributed by atoms with Gasteiger partial charge in [0.15, 0.2) is 6.29 Å². The van der Waals surface area contributed by atoms with Crippen molar-refractivity contribution in [2.24, 2.45) is 0 Å². The predicted molar refractivity (Wildman–Crippen MR) is 121 cm³/mol. The van der Waals surface area contributed by atoms with Gasteiger partial charge in [0, 0.05) is 29.2 Å². The van der Waals surface area contributed by atoms with E-state index in [0.717, 1.165) is 53.9 Å². The maximum atomic E-state index is 12.8. The summed E-state index contributed by atoms with van der Waals surface area (Å²) in [6.45, 7) is 0.729. The molecule has 30 heavy (non-hydrogen) atoms. The maximum Gasteiger partial charge on any atom is 0.245 e. The molecular formula is C23H29NO4S2. The van der Waals surface area contributed by atoms with Crippen LogP contribution in [0.5, 0.6) is 0 Å². The van der Waals surface area contributed by atoms with Crippen LogP contribution in [0.25, 0.3) is 10.4 Å². The first kappa shape index (κ1) is 21.8. The van der Waals surface area contributed by atoms with Crippen molar-refractivity contribution in [3.05, 3.63) is 46.8 Å². The molecule has 0 spiro atoms. The third-order valence-corrected chi connectivity index (χ3v) is 8.77. The van der Waals surface area contributed by atoms with Gasteiger partial charge in [-0.05, 0) is 60.8 Å². The van der Waals surface area contributed by atoms with Crippen molar-refractivity contribution in [1.82, 2.24) is 5.48 Å². The Morgan fingerprint density at radius 1 is 1.23 bits per heavy atom. The fourth-order valence-electron chi connectivity index (χ4n) is 4.07. The molecule has 1 unspecified atom stereocenters. The van der Waals surface area contributed by atoms with E-state index in [0.29, 0.717) is 13.0 Å². The highest BCUT2D eigenvalue weighted by molar-refractivity contribution is 8.00. The molecule has 2 saturated heterocycles. The first-order chi connectivity index (χ1) is 14.7. The third kappa shape index (κ3) is 5.26. The molecule has 1 amide bonds. The van der Waals surface area contributed by atoms with Gasteiger partial charge >= 0.3 is 0 Å². The number of ether oxygens (including phenoxy) is 1. The molecule has 4 rings (SSSR count). The molecule has 2 atom stereocenters. The van der Waals surface area contributed by atoms with E-state index < -0.39 is 0 Å². The van der Waals surface area contributed by atoms with E-state index in [9.17, 15) is 9.90 Å². The maximum absolute atomic E-state index is 12.8. The van der Waals surface area contributed by atoms with Crippen LogP contribution in [0.15, 0.2) is 36.4 Å². The summed E-state index contributed by atoms with van der Waals surface area (Å²) in [5.74, 6) is 0.975. The van der Waals surface area contributed by atoms with Crippen molar-refractivity contribution in [3.63, 3.8) is 0 Å². The first-order valence-electron chi connectivity index (χ1n) is 10.7. The Morgan fingerprint density at radius 3 is 2.93 bits per heavy atom. The van der Waals surface area contributed by atoms with Crippen molar-refractivity contribution in [1.29, 1.82) is 0 Å². The predicted octanol–water partition coefficient (Wildman–Crippen LogP) is 4.98. The first-order valence-corrected chi connectivity index (χ1v) is 12.5. The average Bonchev–Trinajstić information content (AvgIpc) is 3.30. The smallest absolute Gasteiger partial charge is 0.245 e. The van der Waals surface area contributed by atoms with Crippen LogP contribution in [-0.2, 0) is 25.7 Å². The van der Waals surface area contributed by atoms with E-state index in [4.69, 9.17) is 9.57 Å². The summed E-state index contributed by atoms with van der Waals surface area (Å²) in [7, 11) is 0. The molecular weight excluding hydrogens is 418 g/mol. The number of carbonyl (C=O) groups is 1. The van der Waals surface area contributed by atoms with Gasteiger partial charge in [0.1, 0.15) is 0 Å². The van der Waals surface area contributed by atoms with Gasteiger partial charge in [-0.25, -0.2) is 10.3 Å². The summed E-state index contributed by atoms with van der Waals surface area (Å²) in [5.41, 5.74) is 4.66. The number of hydrogen-bond acceptors (Lipinski definition) is 6. The number of aliphatic hydroxyl groups excluding tert-OH is 1. The molecule has 0 saturated carbocycles. The number of nitrogens with one attached hydrogen (secondary N) is 1. The Labute approximate surface area is 186 Å². The van der Waals surface area contributed by atoms with Gasteiger partial charge in [-0.1, -0.05) is 24.6 Å². The van der Waals surface area contributed by atoms with E-state index >= 15 is 0 Å². The zero-order valence-corrected chi connectivity index (χ0v) is 18.7. The zero-order valence-electron chi connectivity index (χ0n) is 17.1. The largest absolute Gasteiger partial charge is 0.392 e. The number of hydrogen-bond donors (Lipinski definition) is 2. The lowest BCUT2D eigenvalue weighted by Gasteiger charge is -2.35. The lowest BCUT2D eigenvalue weighted by atomic mass is 9.94. The Hall–Kier alpha value is -1.38. The quantitative estimate of drug-likeness (QED) is 0.586. The normalized spacial score (nSPS) is 24.5. The lowest BCUT2D eigenvalue weighted by Crippen LogP contribution is -2.37. The highest BCUT2D eigenvalue weighted by Crippen LogP contribution is 2.50. The SMILES string of the molecule is O=C(C[C@]1(c2ccc(-c3cccc(CO)c3)s2)CCCCS1)NOC1CCCCO1. The molecule has 0 aliphatic carbocycles. The second kappa shape index (κ2) is 10.3. The van der Waals surface area contributed by atoms with Crippen LogP contribution in [-0.4, -0.2) is 29.7 Å². The average molecular weight is 448 g/mol. The van der Waals surface area contributed by atoms with Gasteiger partial charge in [-0.15, -0.1) is 23.1 Å². The van der Waals surface area contributed by atoms with Crippen LogP contribution in [0.2, 0.25) is 0 Å². The van der Waals surface area contributed by atoms with E-state index in [-0.39, 0.29) is 23.6 Å². The topological polar surface area (TPSA) is 67.8 Å². The van der Waals surface area contributed by atoms with Gasteiger partial charge < -0.3 is 9.84 Å². The number of rotatable bonds is 7. The van der Waals surface area contributed by atoms with Crippen molar-refractivity contribution in [2.75, 3.05) is 12.4 Å². The van der Waals surface area contributed by atoms with Gasteiger partial charge in [-0.3, -0.25) is 4.79 Å². The summed E-state index contributed by atoms with van der Waals surface area (Å²) in [4.78, 5) is 20.7. The van der Waals surface area contributed by atoms with Crippen molar-refractivity contribution in [3.8, 4) is 10.4 Å². The minimum atomic E-state index is -0.329. The fourth-order valence-corrected chi connectivity index (χ4v) is 6.95. The standard InChI is InChI=1S/C23H29NO4S2/c25-16-17-6-5-7-18(14-17)19-9-10-20(30-19)23(11-2-4-13-29-23)15-21(26)24-28-22-8-1-3-12-27-22/h5-7,9-10,14,22,25H,1-4,8,11-13,15-16H2,(H,24,26)/t22?,23-/m0/s1. The fraction of sp³-hybridized carbons (Fsp3) is 0.522. The van der Waals surface area contributed by atoms with Gasteiger partial charge in [0.05, 0.1) is 11.4 Å². The number of thiophene rings is 1. The molecule has 1 aromatic heterocycles. The number of thioether (sulfide) groups is 1. The van der Waals surface area contributed by atoms with Gasteiger partial charge in [-0.2, -0.15) is 0 Å². The number of hydroxylamine groups is 1. The molecule has 5 nitrogen and oxygen atoms in total. The second-order valence-corrected chi connectivity index (χ2v) is 10.5. The Balaban J connectivity index is 1.47. The molecule has 2 aromatic rings. The van der Waals surface area contributed by atoms with Crippen LogP contribution >= 0.6 is 23.1 Å². The number of carbonyl (C=O) groups excluding carboxylic acids is 1. The number of benzene rings is 1. The van der Waals surface area contributed by atoms with Crippen LogP contribution in [0, 0.1) is 0 Å². The molecule has 162 valence electrons. The second-order valence-electron chi connectivity index (χ2n) is 7.94. The summed E-state index contributed by atoms with van der Waals surface area (Å²) < 4.78 is 5.33. The zero-order chi connectivity index (χ0) is 20.8. The molecule has 0 bridgehead atoms. The van der Waals surface area contributed by atoms with Crippen LogP contribution in [0.3, 0.4) is 0 Å². The number of aliphatic hydroxyl groups is 1. The lowest BCUT2D eigenvalue weighted by molar-refractivity contribution is -0.200.